The van der Waals surface area contributed by atoms with Gasteiger partial charge in [-0.3, -0.25) is 0 Å². The molecule has 0 aromatic carbocycles. The Morgan fingerprint density at radius 1 is 1.33 bits per heavy atom. The van der Waals surface area contributed by atoms with Crippen LogP contribution >= 0.6 is 12.2 Å². The normalized spacial score (nSPS) is 15.7. The van der Waals surface area contributed by atoms with Crippen LogP contribution in [0, 0.1) is 0 Å². The zero-order valence-electron chi connectivity index (χ0n) is 9.64. The quantitative estimate of drug-likeness (QED) is 0.557. The molecule has 0 amide bonds. The topological polar surface area (TPSA) is 24.1 Å². The lowest BCUT2D eigenvalue weighted by atomic mass is 9.97. The average molecular weight is 226 g/mol. The summed E-state index contributed by atoms with van der Waals surface area (Å²) >= 11 is 5.14. The van der Waals surface area contributed by atoms with E-state index in [0.29, 0.717) is 0 Å². The van der Waals surface area contributed by atoms with E-state index in [1.54, 1.807) is 5.57 Å². The van der Waals surface area contributed by atoms with Crippen LogP contribution in [0.25, 0.3) is 0 Å². The second-order valence-corrected chi connectivity index (χ2v) is 4.45. The Bertz CT molecular complexity index is 224. The third-order valence-electron chi connectivity index (χ3n) is 2.65. The van der Waals surface area contributed by atoms with E-state index in [1.165, 1.54) is 25.7 Å². The molecule has 1 aliphatic carbocycles. The Hall–Kier alpha value is -0.570. The maximum atomic E-state index is 5.14. The molecule has 0 aromatic heterocycles. The predicted molar refractivity (Wildman–Crippen MR) is 70.1 cm³/mol. The maximum Gasteiger partial charge on any atom is 0.166 e. The van der Waals surface area contributed by atoms with Gasteiger partial charge in [0.15, 0.2) is 5.11 Å². The summed E-state index contributed by atoms with van der Waals surface area (Å²) in [6.45, 7) is 4.08. The van der Waals surface area contributed by atoms with Crippen molar-refractivity contribution in [1.29, 1.82) is 0 Å². The van der Waals surface area contributed by atoms with E-state index >= 15 is 0 Å². The molecule has 0 bridgehead atoms. The van der Waals surface area contributed by atoms with Crippen LogP contribution in [-0.4, -0.2) is 18.2 Å². The van der Waals surface area contributed by atoms with Gasteiger partial charge in [-0.1, -0.05) is 18.6 Å². The first-order chi connectivity index (χ1) is 7.33. The number of hydrogen-bond acceptors (Lipinski definition) is 1. The molecule has 0 fully saturated rings. The van der Waals surface area contributed by atoms with Crippen LogP contribution in [0.2, 0.25) is 0 Å². The van der Waals surface area contributed by atoms with Gasteiger partial charge in [0.25, 0.3) is 0 Å². The van der Waals surface area contributed by atoms with Crippen LogP contribution in [-0.2, 0) is 0 Å². The highest BCUT2D eigenvalue weighted by Crippen LogP contribution is 2.19. The zero-order valence-corrected chi connectivity index (χ0v) is 10.5. The van der Waals surface area contributed by atoms with Gasteiger partial charge in [0.05, 0.1) is 0 Å². The van der Waals surface area contributed by atoms with Gasteiger partial charge >= 0.3 is 0 Å². The molecule has 0 saturated heterocycles. The number of nitrogens with one attached hydrogen (secondary N) is 2. The fourth-order valence-corrected chi connectivity index (χ4v) is 1.97. The van der Waals surface area contributed by atoms with Gasteiger partial charge in [-0.25, -0.2) is 0 Å². The van der Waals surface area contributed by atoms with E-state index in [4.69, 9.17) is 12.2 Å². The first-order valence-electron chi connectivity index (χ1n) is 6.02. The Kier molecular flexibility index (Phi) is 6.41. The summed E-state index contributed by atoms with van der Waals surface area (Å²) in [6.07, 6.45) is 9.96. The van der Waals surface area contributed by atoms with E-state index in [-0.39, 0.29) is 0 Å². The number of thiocarbonyl (C=S) groups is 1. The van der Waals surface area contributed by atoms with Crippen molar-refractivity contribution >= 4 is 17.3 Å². The van der Waals surface area contributed by atoms with Crippen LogP contribution in [0.3, 0.4) is 0 Å². The molecule has 0 heterocycles. The molecular weight excluding hydrogens is 204 g/mol. The van der Waals surface area contributed by atoms with E-state index in [2.05, 4.69) is 23.6 Å². The SMILES string of the molecule is CCCNC(=S)NCCC1=CCCCC1. The largest absolute Gasteiger partial charge is 0.363 e. The van der Waals surface area contributed by atoms with E-state index < -0.39 is 0 Å². The van der Waals surface area contributed by atoms with Crippen molar-refractivity contribution in [2.75, 3.05) is 13.1 Å². The molecule has 15 heavy (non-hydrogen) atoms. The molecule has 3 heteroatoms. The van der Waals surface area contributed by atoms with Gasteiger partial charge in [0, 0.05) is 13.1 Å². The number of hydrogen-bond donors (Lipinski definition) is 2. The molecule has 2 nitrogen and oxygen atoms in total. The zero-order chi connectivity index (χ0) is 10.9. The van der Waals surface area contributed by atoms with E-state index in [9.17, 15) is 0 Å². The second-order valence-electron chi connectivity index (χ2n) is 4.04. The highest BCUT2D eigenvalue weighted by molar-refractivity contribution is 7.80. The highest BCUT2D eigenvalue weighted by atomic mass is 32.1. The van der Waals surface area contributed by atoms with Gasteiger partial charge in [0.1, 0.15) is 0 Å². The van der Waals surface area contributed by atoms with Crippen LogP contribution in [0.15, 0.2) is 11.6 Å². The monoisotopic (exact) mass is 226 g/mol. The minimum atomic E-state index is 0.799. The molecule has 0 radical (unpaired) electrons. The fourth-order valence-electron chi connectivity index (χ4n) is 1.77. The number of allylic oxidation sites excluding steroid dienone is 1. The predicted octanol–water partition coefficient (Wildman–Crippen LogP) is 2.75. The highest BCUT2D eigenvalue weighted by Gasteiger charge is 2.03. The lowest BCUT2D eigenvalue weighted by molar-refractivity contribution is 0.666. The summed E-state index contributed by atoms with van der Waals surface area (Å²) in [6, 6.07) is 0. The van der Waals surface area contributed by atoms with Crippen molar-refractivity contribution in [1.82, 2.24) is 10.6 Å². The van der Waals surface area contributed by atoms with E-state index in [0.717, 1.165) is 31.0 Å². The van der Waals surface area contributed by atoms with Crippen molar-refractivity contribution in [3.8, 4) is 0 Å². The van der Waals surface area contributed by atoms with Crippen LogP contribution in [0.4, 0.5) is 0 Å². The van der Waals surface area contributed by atoms with Crippen LogP contribution in [0.5, 0.6) is 0 Å². The molecule has 1 rings (SSSR count). The Morgan fingerprint density at radius 2 is 2.13 bits per heavy atom. The molecular formula is C12H22N2S. The summed E-state index contributed by atoms with van der Waals surface area (Å²) in [5.74, 6) is 0. The van der Waals surface area contributed by atoms with Crippen molar-refractivity contribution < 1.29 is 0 Å². The molecule has 0 atom stereocenters. The molecule has 0 saturated carbocycles. The maximum absolute atomic E-state index is 5.14. The Balaban J connectivity index is 2.04. The summed E-state index contributed by atoms with van der Waals surface area (Å²) in [4.78, 5) is 0. The molecule has 0 aliphatic heterocycles. The van der Waals surface area contributed by atoms with Crippen LogP contribution < -0.4 is 10.6 Å². The Morgan fingerprint density at radius 3 is 2.80 bits per heavy atom. The Labute approximate surface area is 98.5 Å². The third kappa shape index (κ3) is 5.78. The third-order valence-corrected chi connectivity index (χ3v) is 2.94. The summed E-state index contributed by atoms with van der Waals surface area (Å²) in [5, 5.41) is 7.21. The van der Waals surface area contributed by atoms with Gasteiger partial charge in [0.2, 0.25) is 0 Å². The van der Waals surface area contributed by atoms with Crippen molar-refractivity contribution in [2.45, 2.75) is 45.4 Å². The van der Waals surface area contributed by atoms with E-state index in [1.807, 2.05) is 0 Å². The standard InChI is InChI=1S/C12H22N2S/c1-2-9-13-12(15)14-10-8-11-6-4-3-5-7-11/h6H,2-5,7-10H2,1H3,(H2,13,14,15). The molecule has 0 spiro atoms. The first-order valence-corrected chi connectivity index (χ1v) is 6.43. The minimum absolute atomic E-state index is 0.799. The van der Waals surface area contributed by atoms with Crippen molar-refractivity contribution in [2.24, 2.45) is 0 Å². The van der Waals surface area contributed by atoms with Gasteiger partial charge in [-0.2, -0.15) is 0 Å². The second kappa shape index (κ2) is 7.69. The lowest BCUT2D eigenvalue weighted by Gasteiger charge is -2.14. The lowest BCUT2D eigenvalue weighted by Crippen LogP contribution is -2.36. The van der Waals surface area contributed by atoms with Gasteiger partial charge < -0.3 is 10.6 Å². The summed E-state index contributed by atoms with van der Waals surface area (Å²) in [5.41, 5.74) is 1.60. The first kappa shape index (κ1) is 12.5. The van der Waals surface area contributed by atoms with Gasteiger partial charge in [-0.15, -0.1) is 0 Å². The molecule has 2 N–H and O–H groups in total. The smallest absolute Gasteiger partial charge is 0.166 e. The summed E-state index contributed by atoms with van der Waals surface area (Å²) < 4.78 is 0. The fraction of sp³-hybridized carbons (Fsp3) is 0.750. The van der Waals surface area contributed by atoms with Crippen molar-refractivity contribution in [3.05, 3.63) is 11.6 Å². The van der Waals surface area contributed by atoms with Gasteiger partial charge in [-0.05, 0) is 50.7 Å². The molecule has 86 valence electrons. The number of rotatable bonds is 5. The molecule has 1 aliphatic rings. The average Bonchev–Trinajstić information content (AvgIpc) is 2.28. The molecule has 0 aromatic rings. The van der Waals surface area contributed by atoms with Crippen molar-refractivity contribution in [3.63, 3.8) is 0 Å². The molecule has 0 unspecified atom stereocenters. The summed E-state index contributed by atoms with van der Waals surface area (Å²) in [7, 11) is 0. The van der Waals surface area contributed by atoms with Crippen LogP contribution in [0.1, 0.15) is 45.4 Å². The minimum Gasteiger partial charge on any atom is -0.363 e.